The number of sulfonamides is 1. The van der Waals surface area contributed by atoms with Gasteiger partial charge in [-0.3, -0.25) is 10.2 Å². The summed E-state index contributed by atoms with van der Waals surface area (Å²) in [4.78, 5) is 17.5. The van der Waals surface area contributed by atoms with E-state index in [4.69, 9.17) is 0 Å². The molecule has 0 aliphatic heterocycles. The van der Waals surface area contributed by atoms with E-state index in [0.29, 0.717) is 5.56 Å². The molecular weight excluding hydrogens is 326 g/mol. The number of benzene rings is 2. The Morgan fingerprint density at radius 3 is 2.54 bits per heavy atom. The number of aromatic amines is 1. The highest BCUT2D eigenvalue weighted by molar-refractivity contribution is 7.89. The number of aromatic nitrogens is 1. The molecule has 1 aromatic heterocycles. The molecule has 3 rings (SSSR count). The van der Waals surface area contributed by atoms with Gasteiger partial charge in [0.2, 0.25) is 0 Å². The molecule has 7 heteroatoms. The van der Waals surface area contributed by atoms with Crippen molar-refractivity contribution in [2.24, 2.45) is 0 Å². The van der Waals surface area contributed by atoms with Gasteiger partial charge in [-0.05, 0) is 43.2 Å². The lowest BCUT2D eigenvalue weighted by Gasteiger charge is -2.09. The predicted molar refractivity (Wildman–Crippen MR) is 92.0 cm³/mol. The average Bonchev–Trinajstić information content (AvgIpc) is 2.99. The van der Waals surface area contributed by atoms with Crippen LogP contribution in [-0.2, 0) is 10.0 Å². The fourth-order valence-electron chi connectivity index (χ4n) is 2.38. The zero-order valence-electron chi connectivity index (χ0n) is 13.3. The maximum absolute atomic E-state index is 12.3. The predicted octanol–water partition coefficient (Wildman–Crippen LogP) is 2.41. The van der Waals surface area contributed by atoms with E-state index in [1.165, 1.54) is 6.07 Å². The van der Waals surface area contributed by atoms with Crippen LogP contribution in [0.3, 0.4) is 0 Å². The Morgan fingerprint density at radius 2 is 1.79 bits per heavy atom. The summed E-state index contributed by atoms with van der Waals surface area (Å²) in [7, 11) is -3.83. The molecule has 0 saturated carbocycles. The number of aryl methyl sites for hydroxylation is 2. The van der Waals surface area contributed by atoms with E-state index in [0.717, 1.165) is 22.0 Å². The third-order valence-electron chi connectivity index (χ3n) is 3.92. The second kappa shape index (κ2) is 6.10. The van der Waals surface area contributed by atoms with Crippen LogP contribution in [0.15, 0.2) is 53.6 Å². The fourth-order valence-corrected chi connectivity index (χ4v) is 3.30. The van der Waals surface area contributed by atoms with Gasteiger partial charge in [-0.1, -0.05) is 24.3 Å². The molecule has 3 N–H and O–H groups in total. The molecule has 0 bridgehead atoms. The van der Waals surface area contributed by atoms with Crippen LogP contribution in [0.2, 0.25) is 0 Å². The van der Waals surface area contributed by atoms with Crippen molar-refractivity contribution in [2.45, 2.75) is 18.7 Å². The molecule has 24 heavy (non-hydrogen) atoms. The van der Waals surface area contributed by atoms with E-state index in [1.54, 1.807) is 24.4 Å². The van der Waals surface area contributed by atoms with Crippen molar-refractivity contribution < 1.29 is 13.2 Å². The van der Waals surface area contributed by atoms with Gasteiger partial charge in [0.05, 0.1) is 10.5 Å². The van der Waals surface area contributed by atoms with Gasteiger partial charge in [-0.15, -0.1) is 4.83 Å². The topological polar surface area (TPSA) is 91.1 Å². The van der Waals surface area contributed by atoms with E-state index in [1.807, 2.05) is 32.0 Å². The van der Waals surface area contributed by atoms with Crippen LogP contribution in [0.1, 0.15) is 21.5 Å². The first-order valence-electron chi connectivity index (χ1n) is 7.34. The van der Waals surface area contributed by atoms with Crippen LogP contribution in [0.25, 0.3) is 10.9 Å². The fraction of sp³-hybridized carbons (Fsp3) is 0.118. The number of fused-ring (bicyclic) bond motifs is 1. The highest BCUT2D eigenvalue weighted by atomic mass is 32.2. The molecule has 0 aliphatic rings. The highest BCUT2D eigenvalue weighted by Crippen LogP contribution is 2.17. The van der Waals surface area contributed by atoms with Crippen LogP contribution >= 0.6 is 0 Å². The number of hydrazine groups is 1. The number of nitrogens with one attached hydrogen (secondary N) is 3. The monoisotopic (exact) mass is 343 g/mol. The normalized spacial score (nSPS) is 11.6. The Kier molecular flexibility index (Phi) is 4.13. The summed E-state index contributed by atoms with van der Waals surface area (Å²) >= 11 is 0. The van der Waals surface area contributed by atoms with Crippen LogP contribution in [0, 0.1) is 13.8 Å². The number of carbonyl (C=O) groups is 1. The van der Waals surface area contributed by atoms with E-state index in [9.17, 15) is 13.2 Å². The summed E-state index contributed by atoms with van der Waals surface area (Å²) < 4.78 is 24.6. The molecule has 1 amide bonds. The maximum Gasteiger partial charge on any atom is 0.268 e. The summed E-state index contributed by atoms with van der Waals surface area (Å²) in [6.45, 7) is 3.73. The van der Waals surface area contributed by atoms with Crippen molar-refractivity contribution in [3.05, 3.63) is 65.4 Å². The lowest BCUT2D eigenvalue weighted by Crippen LogP contribution is -2.41. The van der Waals surface area contributed by atoms with Crippen molar-refractivity contribution in [1.82, 2.24) is 15.2 Å². The van der Waals surface area contributed by atoms with E-state index < -0.39 is 15.9 Å². The second-order valence-corrected chi connectivity index (χ2v) is 7.24. The Balaban J connectivity index is 1.79. The van der Waals surface area contributed by atoms with E-state index in [-0.39, 0.29) is 4.90 Å². The quantitative estimate of drug-likeness (QED) is 0.635. The minimum Gasteiger partial charge on any atom is -0.360 e. The van der Waals surface area contributed by atoms with Gasteiger partial charge in [0, 0.05) is 17.1 Å². The van der Waals surface area contributed by atoms with Gasteiger partial charge in [0.15, 0.2) is 0 Å². The average molecular weight is 343 g/mol. The Morgan fingerprint density at radius 1 is 1.04 bits per heavy atom. The van der Waals surface area contributed by atoms with Gasteiger partial charge in [-0.25, -0.2) is 8.42 Å². The van der Waals surface area contributed by atoms with E-state index >= 15 is 0 Å². The largest absolute Gasteiger partial charge is 0.360 e. The molecule has 3 aromatic rings. The number of H-pyrrole nitrogens is 1. The maximum atomic E-state index is 12.3. The Bertz CT molecular complexity index is 1020. The number of hydrogen-bond acceptors (Lipinski definition) is 3. The van der Waals surface area contributed by atoms with Gasteiger partial charge in [0.25, 0.3) is 15.9 Å². The van der Waals surface area contributed by atoms with Crippen LogP contribution in [0.5, 0.6) is 0 Å². The SMILES string of the molecule is Cc1ccc(S(=O)(=O)NNC(=O)c2c[nH]c3ccccc23)cc1C. The van der Waals surface area contributed by atoms with Crippen molar-refractivity contribution in [2.75, 3.05) is 0 Å². The third kappa shape index (κ3) is 3.04. The van der Waals surface area contributed by atoms with Gasteiger partial charge in [-0.2, -0.15) is 0 Å². The smallest absolute Gasteiger partial charge is 0.268 e. The summed E-state index contributed by atoms with van der Waals surface area (Å²) in [5, 5.41) is 0.723. The molecule has 0 radical (unpaired) electrons. The van der Waals surface area contributed by atoms with Crippen molar-refractivity contribution in [1.29, 1.82) is 0 Å². The molecule has 0 saturated heterocycles. The van der Waals surface area contributed by atoms with Crippen LogP contribution < -0.4 is 10.3 Å². The lowest BCUT2D eigenvalue weighted by molar-refractivity contribution is 0.0947. The third-order valence-corrected chi connectivity index (χ3v) is 5.17. The van der Waals surface area contributed by atoms with Gasteiger partial charge < -0.3 is 4.98 Å². The number of para-hydroxylation sites is 1. The van der Waals surface area contributed by atoms with Crippen molar-refractivity contribution in [3.63, 3.8) is 0 Å². The van der Waals surface area contributed by atoms with Gasteiger partial charge >= 0.3 is 0 Å². The molecule has 0 atom stereocenters. The van der Waals surface area contributed by atoms with Crippen LogP contribution in [-0.4, -0.2) is 19.3 Å². The molecular formula is C17H17N3O3S. The van der Waals surface area contributed by atoms with Crippen LogP contribution in [0.4, 0.5) is 0 Å². The first-order valence-corrected chi connectivity index (χ1v) is 8.82. The number of rotatable bonds is 4. The highest BCUT2D eigenvalue weighted by Gasteiger charge is 2.17. The second-order valence-electron chi connectivity index (χ2n) is 5.55. The van der Waals surface area contributed by atoms with E-state index in [2.05, 4.69) is 15.2 Å². The molecule has 1 heterocycles. The molecule has 2 aromatic carbocycles. The number of hydrogen-bond donors (Lipinski definition) is 3. The number of carbonyl (C=O) groups excluding carboxylic acids is 1. The number of amides is 1. The summed E-state index contributed by atoms with van der Waals surface area (Å²) in [6.07, 6.45) is 1.55. The van der Waals surface area contributed by atoms with Crippen molar-refractivity contribution in [3.8, 4) is 0 Å². The van der Waals surface area contributed by atoms with Crippen molar-refractivity contribution >= 4 is 26.8 Å². The molecule has 0 aliphatic carbocycles. The molecule has 0 fully saturated rings. The minimum atomic E-state index is -3.83. The summed E-state index contributed by atoms with van der Waals surface area (Å²) in [5.74, 6) is -0.528. The Labute approximate surface area is 139 Å². The molecule has 124 valence electrons. The summed E-state index contributed by atoms with van der Waals surface area (Å²) in [6, 6.07) is 12.1. The lowest BCUT2D eigenvalue weighted by atomic mass is 10.1. The molecule has 6 nitrogen and oxygen atoms in total. The minimum absolute atomic E-state index is 0.102. The zero-order valence-corrected chi connectivity index (χ0v) is 14.1. The molecule has 0 unspecified atom stereocenters. The standard InChI is InChI=1S/C17H17N3O3S/c1-11-7-8-13(9-12(11)2)24(22,23)20-19-17(21)15-10-18-16-6-4-3-5-14(15)16/h3-10,18,20H,1-2H3,(H,19,21). The first-order chi connectivity index (χ1) is 11.4. The van der Waals surface area contributed by atoms with Gasteiger partial charge in [0.1, 0.15) is 0 Å². The zero-order chi connectivity index (χ0) is 17.3. The first kappa shape index (κ1) is 16.2. The molecule has 0 spiro atoms. The summed E-state index contributed by atoms with van der Waals surface area (Å²) in [5.41, 5.74) is 5.29. The Hall–Kier alpha value is -2.64.